The molecule has 4 nitrogen and oxygen atoms in total. The number of rotatable bonds is 13. The smallest absolute Gasteiger partial charge is 0.407 e. The van der Waals surface area contributed by atoms with Crippen LogP contribution in [0.5, 0.6) is 0 Å². The van der Waals surface area contributed by atoms with E-state index in [1.165, 1.54) is 51.4 Å². The van der Waals surface area contributed by atoms with Gasteiger partial charge in [-0.3, -0.25) is 0 Å². The highest BCUT2D eigenvalue weighted by molar-refractivity contribution is 5.67. The standard InChI is InChI=1S/C16H33NO3/c1-3-4-5-6-7-8-9-10-11-12-13-17-16(19)20-14-15(2)18/h15,18H,3-14H2,1-2H3,(H,17,19)/t15-/m1/s1. The number of nitrogens with one attached hydrogen (secondary N) is 1. The molecule has 0 aromatic rings. The molecule has 0 fully saturated rings. The minimum Gasteiger partial charge on any atom is -0.447 e. The van der Waals surface area contributed by atoms with Crippen LogP contribution >= 0.6 is 0 Å². The van der Waals surface area contributed by atoms with Crippen molar-refractivity contribution in [3.05, 3.63) is 0 Å². The molecule has 0 radical (unpaired) electrons. The molecule has 0 aromatic heterocycles. The van der Waals surface area contributed by atoms with E-state index in [-0.39, 0.29) is 6.61 Å². The predicted molar refractivity (Wildman–Crippen MR) is 82.9 cm³/mol. The number of hydrogen-bond acceptors (Lipinski definition) is 3. The number of hydrogen-bond donors (Lipinski definition) is 2. The van der Waals surface area contributed by atoms with Gasteiger partial charge in [0.25, 0.3) is 0 Å². The topological polar surface area (TPSA) is 58.6 Å². The second-order valence-electron chi connectivity index (χ2n) is 5.56. The van der Waals surface area contributed by atoms with Crippen LogP contribution in [0.2, 0.25) is 0 Å². The first-order valence-electron chi connectivity index (χ1n) is 8.25. The Balaban J connectivity index is 3.11. The number of unbranched alkanes of at least 4 members (excludes halogenated alkanes) is 9. The number of carbonyl (C=O) groups is 1. The molecule has 0 rings (SSSR count). The van der Waals surface area contributed by atoms with Gasteiger partial charge < -0.3 is 15.2 Å². The Hall–Kier alpha value is -0.770. The van der Waals surface area contributed by atoms with Crippen molar-refractivity contribution in [3.63, 3.8) is 0 Å². The Labute approximate surface area is 124 Å². The lowest BCUT2D eigenvalue weighted by Gasteiger charge is -2.08. The first-order chi connectivity index (χ1) is 9.66. The van der Waals surface area contributed by atoms with Crippen LogP contribution in [0.25, 0.3) is 0 Å². The van der Waals surface area contributed by atoms with Crippen molar-refractivity contribution in [2.45, 2.75) is 84.2 Å². The van der Waals surface area contributed by atoms with Gasteiger partial charge in [0, 0.05) is 6.54 Å². The van der Waals surface area contributed by atoms with Gasteiger partial charge in [0.05, 0.1) is 6.10 Å². The Morgan fingerprint density at radius 1 is 1.00 bits per heavy atom. The SMILES string of the molecule is CCCCCCCCCCCCNC(=O)OC[C@@H](C)O. The van der Waals surface area contributed by atoms with Crippen molar-refractivity contribution in [2.24, 2.45) is 0 Å². The van der Waals surface area contributed by atoms with Crippen molar-refractivity contribution in [1.82, 2.24) is 5.32 Å². The summed E-state index contributed by atoms with van der Waals surface area (Å²) >= 11 is 0. The monoisotopic (exact) mass is 287 g/mol. The van der Waals surface area contributed by atoms with Crippen LogP contribution < -0.4 is 5.32 Å². The maximum absolute atomic E-state index is 11.2. The molecule has 0 aliphatic carbocycles. The zero-order valence-electron chi connectivity index (χ0n) is 13.3. The number of carbonyl (C=O) groups excluding carboxylic acids is 1. The highest BCUT2D eigenvalue weighted by Crippen LogP contribution is 2.10. The van der Waals surface area contributed by atoms with Crippen molar-refractivity contribution in [2.75, 3.05) is 13.2 Å². The second-order valence-corrected chi connectivity index (χ2v) is 5.56. The summed E-state index contributed by atoms with van der Waals surface area (Å²) in [5, 5.41) is 11.6. The van der Waals surface area contributed by atoms with Crippen LogP contribution in [0.1, 0.15) is 78.1 Å². The summed E-state index contributed by atoms with van der Waals surface area (Å²) in [4.78, 5) is 11.2. The van der Waals surface area contributed by atoms with Gasteiger partial charge in [0.1, 0.15) is 6.61 Å². The van der Waals surface area contributed by atoms with Crippen LogP contribution in [0, 0.1) is 0 Å². The molecule has 2 N–H and O–H groups in total. The third-order valence-corrected chi connectivity index (χ3v) is 3.26. The van der Waals surface area contributed by atoms with E-state index in [1.54, 1.807) is 6.92 Å². The zero-order valence-corrected chi connectivity index (χ0v) is 13.3. The van der Waals surface area contributed by atoms with Gasteiger partial charge in [-0.1, -0.05) is 64.7 Å². The number of amides is 1. The molecule has 0 unspecified atom stereocenters. The first kappa shape index (κ1) is 19.2. The van der Waals surface area contributed by atoms with Crippen molar-refractivity contribution in [1.29, 1.82) is 0 Å². The van der Waals surface area contributed by atoms with E-state index in [4.69, 9.17) is 9.84 Å². The maximum atomic E-state index is 11.2. The Kier molecular flexibility index (Phi) is 14.1. The van der Waals surface area contributed by atoms with Gasteiger partial charge in [0.15, 0.2) is 0 Å². The normalized spacial score (nSPS) is 12.2. The van der Waals surface area contributed by atoms with Gasteiger partial charge in [-0.2, -0.15) is 0 Å². The molecule has 1 amide bonds. The Morgan fingerprint density at radius 3 is 2.00 bits per heavy atom. The molecular weight excluding hydrogens is 254 g/mol. The van der Waals surface area contributed by atoms with Crippen LogP contribution in [0.3, 0.4) is 0 Å². The van der Waals surface area contributed by atoms with Gasteiger partial charge in [0.2, 0.25) is 0 Å². The van der Waals surface area contributed by atoms with E-state index in [9.17, 15) is 4.79 Å². The van der Waals surface area contributed by atoms with E-state index in [0.29, 0.717) is 6.54 Å². The molecular formula is C16H33NO3. The fraction of sp³-hybridized carbons (Fsp3) is 0.938. The lowest BCUT2D eigenvalue weighted by molar-refractivity contribution is 0.0780. The summed E-state index contributed by atoms with van der Waals surface area (Å²) in [6, 6.07) is 0. The predicted octanol–water partition coefficient (Wildman–Crippen LogP) is 4.01. The molecule has 0 aliphatic rings. The van der Waals surface area contributed by atoms with Crippen LogP contribution in [-0.4, -0.2) is 30.5 Å². The molecule has 4 heteroatoms. The average molecular weight is 287 g/mol. The molecule has 0 aromatic carbocycles. The molecule has 0 saturated heterocycles. The van der Waals surface area contributed by atoms with E-state index in [0.717, 1.165) is 12.8 Å². The fourth-order valence-corrected chi connectivity index (χ4v) is 2.05. The summed E-state index contributed by atoms with van der Waals surface area (Å²) in [5.41, 5.74) is 0. The highest BCUT2D eigenvalue weighted by Gasteiger charge is 2.03. The van der Waals surface area contributed by atoms with E-state index >= 15 is 0 Å². The third kappa shape index (κ3) is 15.3. The van der Waals surface area contributed by atoms with Crippen molar-refractivity contribution >= 4 is 6.09 Å². The maximum Gasteiger partial charge on any atom is 0.407 e. The molecule has 20 heavy (non-hydrogen) atoms. The van der Waals surface area contributed by atoms with Crippen LogP contribution in [0.4, 0.5) is 4.79 Å². The number of alkyl carbamates (subject to hydrolysis) is 1. The first-order valence-corrected chi connectivity index (χ1v) is 8.25. The summed E-state index contributed by atoms with van der Waals surface area (Å²) in [7, 11) is 0. The van der Waals surface area contributed by atoms with Gasteiger partial charge in [-0.05, 0) is 13.3 Å². The lowest BCUT2D eigenvalue weighted by atomic mass is 10.1. The molecule has 0 saturated carbocycles. The molecule has 1 atom stereocenters. The summed E-state index contributed by atoms with van der Waals surface area (Å²) < 4.78 is 4.80. The van der Waals surface area contributed by atoms with Gasteiger partial charge in [-0.25, -0.2) is 4.79 Å². The van der Waals surface area contributed by atoms with Crippen LogP contribution in [-0.2, 0) is 4.74 Å². The molecule has 0 aliphatic heterocycles. The number of aliphatic hydroxyl groups is 1. The van der Waals surface area contributed by atoms with E-state index in [1.807, 2.05) is 0 Å². The number of ether oxygens (including phenoxy) is 1. The third-order valence-electron chi connectivity index (χ3n) is 3.26. The molecule has 0 spiro atoms. The van der Waals surface area contributed by atoms with Gasteiger partial charge >= 0.3 is 6.09 Å². The molecule has 0 heterocycles. The highest BCUT2D eigenvalue weighted by atomic mass is 16.6. The van der Waals surface area contributed by atoms with Gasteiger partial charge in [-0.15, -0.1) is 0 Å². The Morgan fingerprint density at radius 2 is 1.50 bits per heavy atom. The summed E-state index contributed by atoms with van der Waals surface area (Å²) in [5.74, 6) is 0. The van der Waals surface area contributed by atoms with E-state index < -0.39 is 12.2 Å². The fourth-order valence-electron chi connectivity index (χ4n) is 2.05. The zero-order chi connectivity index (χ0) is 15.1. The average Bonchev–Trinajstić information content (AvgIpc) is 2.42. The molecule has 120 valence electrons. The minimum absolute atomic E-state index is 0.0594. The number of aliphatic hydroxyl groups excluding tert-OH is 1. The quantitative estimate of drug-likeness (QED) is 0.503. The molecule has 0 bridgehead atoms. The lowest BCUT2D eigenvalue weighted by Crippen LogP contribution is -2.27. The van der Waals surface area contributed by atoms with E-state index in [2.05, 4.69) is 12.2 Å². The van der Waals surface area contributed by atoms with Crippen LogP contribution in [0.15, 0.2) is 0 Å². The second kappa shape index (κ2) is 14.6. The Bertz CT molecular complexity index is 220. The summed E-state index contributed by atoms with van der Waals surface area (Å²) in [6.07, 6.45) is 11.8. The minimum atomic E-state index is -0.599. The van der Waals surface area contributed by atoms with Crippen molar-refractivity contribution < 1.29 is 14.6 Å². The van der Waals surface area contributed by atoms with Crippen molar-refractivity contribution in [3.8, 4) is 0 Å². The summed E-state index contributed by atoms with van der Waals surface area (Å²) in [6.45, 7) is 4.56. The largest absolute Gasteiger partial charge is 0.447 e.